The highest BCUT2D eigenvalue weighted by atomic mass is 32.1. The van der Waals surface area contributed by atoms with Crippen LogP contribution < -0.4 is 5.32 Å². The third-order valence-corrected chi connectivity index (χ3v) is 2.93. The smallest absolute Gasteiger partial charge is 0.00966 e. The third kappa shape index (κ3) is 6.47. The Kier molecular flexibility index (Phi) is 5.06. The maximum absolute atomic E-state index is 3.47. The molecule has 1 nitrogen and oxygen atoms in total. The molecule has 0 aliphatic rings. The minimum absolute atomic E-state index is 0.238. The summed E-state index contributed by atoms with van der Waals surface area (Å²) in [5.74, 6) is 0. The monoisotopic (exact) mass is 223 g/mol. The lowest BCUT2D eigenvalue weighted by atomic mass is 10.1. The van der Waals surface area contributed by atoms with Crippen LogP contribution in [-0.2, 0) is 6.42 Å². The maximum Gasteiger partial charge on any atom is 0.00966 e. The predicted molar refractivity (Wildman–Crippen MR) is 69.5 cm³/mol. The van der Waals surface area contributed by atoms with Gasteiger partial charge in [-0.3, -0.25) is 0 Å². The van der Waals surface area contributed by atoms with E-state index in [0.717, 1.165) is 19.4 Å². The molecule has 0 aliphatic heterocycles. The summed E-state index contributed by atoms with van der Waals surface area (Å²) in [7, 11) is 0. The number of rotatable bonds is 5. The summed E-state index contributed by atoms with van der Waals surface area (Å²) in [6, 6.07) is 4.29. The van der Waals surface area contributed by atoms with Gasteiger partial charge in [0.25, 0.3) is 0 Å². The molecular weight excluding hydrogens is 202 g/mol. The molecule has 0 bridgehead atoms. The molecule has 0 radical (unpaired) electrons. The van der Waals surface area contributed by atoms with Crippen LogP contribution >= 0.6 is 11.3 Å². The molecule has 1 N–H and O–H groups in total. The van der Waals surface area contributed by atoms with Crippen molar-refractivity contribution in [3.05, 3.63) is 34.5 Å². The molecule has 0 spiro atoms. The molecule has 1 aromatic rings. The Balaban J connectivity index is 2.08. The Bertz CT molecular complexity index is 280. The first-order valence-corrected chi connectivity index (χ1v) is 6.38. The van der Waals surface area contributed by atoms with Gasteiger partial charge in [-0.1, -0.05) is 18.2 Å². The van der Waals surface area contributed by atoms with Gasteiger partial charge in [-0.2, -0.15) is 0 Å². The van der Waals surface area contributed by atoms with E-state index in [9.17, 15) is 0 Å². The topological polar surface area (TPSA) is 12.0 Å². The Morgan fingerprint density at radius 3 is 2.73 bits per heavy atom. The van der Waals surface area contributed by atoms with Crippen LogP contribution in [0.5, 0.6) is 0 Å². The van der Waals surface area contributed by atoms with Gasteiger partial charge in [-0.15, -0.1) is 11.3 Å². The van der Waals surface area contributed by atoms with E-state index in [2.05, 4.69) is 55.8 Å². The van der Waals surface area contributed by atoms with Crippen molar-refractivity contribution in [2.45, 2.75) is 39.2 Å². The van der Waals surface area contributed by atoms with E-state index >= 15 is 0 Å². The zero-order chi connectivity index (χ0) is 11.1. The zero-order valence-corrected chi connectivity index (χ0v) is 10.7. The first-order chi connectivity index (χ1) is 7.08. The van der Waals surface area contributed by atoms with E-state index in [-0.39, 0.29) is 5.54 Å². The minimum atomic E-state index is 0.238. The largest absolute Gasteiger partial charge is 0.312 e. The van der Waals surface area contributed by atoms with Gasteiger partial charge in [0, 0.05) is 10.4 Å². The van der Waals surface area contributed by atoms with Crippen LogP contribution in [0.4, 0.5) is 0 Å². The highest BCUT2D eigenvalue weighted by Gasteiger charge is 2.05. The molecule has 0 saturated carbocycles. The molecule has 0 amide bonds. The Hall–Kier alpha value is -0.600. The van der Waals surface area contributed by atoms with Crippen LogP contribution in [0.2, 0.25) is 0 Å². The molecule has 0 aromatic carbocycles. The summed E-state index contributed by atoms with van der Waals surface area (Å²) >= 11 is 1.82. The first-order valence-electron chi connectivity index (χ1n) is 5.50. The second kappa shape index (κ2) is 6.09. The number of thiophene rings is 1. The predicted octanol–water partition coefficient (Wildman–Crippen LogP) is 3.63. The normalized spacial score (nSPS) is 12.5. The third-order valence-electron chi connectivity index (χ3n) is 2.03. The molecule has 0 aliphatic carbocycles. The lowest BCUT2D eigenvalue weighted by Gasteiger charge is -2.19. The Labute approximate surface area is 97.2 Å². The lowest BCUT2D eigenvalue weighted by Crippen LogP contribution is -2.36. The maximum atomic E-state index is 3.47. The fourth-order valence-corrected chi connectivity index (χ4v) is 1.96. The number of nitrogens with one attached hydrogen (secondary N) is 1. The lowest BCUT2D eigenvalue weighted by molar-refractivity contribution is 0.431. The fourth-order valence-electron chi connectivity index (χ4n) is 1.28. The van der Waals surface area contributed by atoms with Crippen LogP contribution in [0.15, 0.2) is 29.7 Å². The molecule has 84 valence electrons. The first kappa shape index (κ1) is 12.5. The summed E-state index contributed by atoms with van der Waals surface area (Å²) < 4.78 is 0. The van der Waals surface area contributed by atoms with Crippen molar-refractivity contribution in [1.29, 1.82) is 0 Å². The van der Waals surface area contributed by atoms with E-state index in [4.69, 9.17) is 0 Å². The number of allylic oxidation sites excluding steroid dienone is 1. The van der Waals surface area contributed by atoms with E-state index in [0.29, 0.717) is 0 Å². The van der Waals surface area contributed by atoms with Crippen molar-refractivity contribution >= 4 is 11.3 Å². The van der Waals surface area contributed by atoms with Crippen molar-refractivity contribution in [3.8, 4) is 0 Å². The van der Waals surface area contributed by atoms with Gasteiger partial charge in [0.05, 0.1) is 0 Å². The Morgan fingerprint density at radius 1 is 1.33 bits per heavy atom. The molecule has 1 rings (SSSR count). The van der Waals surface area contributed by atoms with Crippen LogP contribution in [0.3, 0.4) is 0 Å². The van der Waals surface area contributed by atoms with Crippen molar-refractivity contribution in [2.75, 3.05) is 6.54 Å². The van der Waals surface area contributed by atoms with E-state index < -0.39 is 0 Å². The second-order valence-electron chi connectivity index (χ2n) is 4.72. The standard InChI is InChI=1S/C13H21NS/c1-13(2,3)14-10-6-4-5-8-12-9-7-11-15-12/h4-5,7,9,11,14H,6,8,10H2,1-3H3. The van der Waals surface area contributed by atoms with Gasteiger partial charge in [0.15, 0.2) is 0 Å². The van der Waals surface area contributed by atoms with Crippen LogP contribution in [0.25, 0.3) is 0 Å². The van der Waals surface area contributed by atoms with Crippen LogP contribution in [0.1, 0.15) is 32.1 Å². The van der Waals surface area contributed by atoms with Crippen molar-refractivity contribution in [2.24, 2.45) is 0 Å². The number of hydrogen-bond donors (Lipinski definition) is 1. The zero-order valence-electron chi connectivity index (χ0n) is 9.92. The SMILES string of the molecule is CC(C)(C)NCCC=CCc1cccs1. The highest BCUT2D eigenvalue weighted by Crippen LogP contribution is 2.09. The molecule has 15 heavy (non-hydrogen) atoms. The average Bonchev–Trinajstić information content (AvgIpc) is 2.61. The van der Waals surface area contributed by atoms with Gasteiger partial charge in [-0.05, 0) is 51.6 Å². The molecular formula is C13H21NS. The van der Waals surface area contributed by atoms with E-state index in [1.54, 1.807) is 0 Å². The van der Waals surface area contributed by atoms with Crippen LogP contribution in [0, 0.1) is 0 Å². The molecule has 0 unspecified atom stereocenters. The molecule has 1 aromatic heterocycles. The molecule has 0 saturated heterocycles. The molecule has 0 fully saturated rings. The average molecular weight is 223 g/mol. The quantitative estimate of drug-likeness (QED) is 0.594. The number of hydrogen-bond acceptors (Lipinski definition) is 2. The summed E-state index contributed by atoms with van der Waals surface area (Å²) in [5, 5.41) is 5.60. The molecule has 0 atom stereocenters. The summed E-state index contributed by atoms with van der Waals surface area (Å²) in [5.41, 5.74) is 0.238. The molecule has 1 heterocycles. The van der Waals surface area contributed by atoms with Crippen LogP contribution in [-0.4, -0.2) is 12.1 Å². The van der Waals surface area contributed by atoms with E-state index in [1.807, 2.05) is 11.3 Å². The Morgan fingerprint density at radius 2 is 2.13 bits per heavy atom. The van der Waals surface area contributed by atoms with Gasteiger partial charge in [0.1, 0.15) is 0 Å². The fraction of sp³-hybridized carbons (Fsp3) is 0.538. The van der Waals surface area contributed by atoms with Crippen molar-refractivity contribution < 1.29 is 0 Å². The van der Waals surface area contributed by atoms with Gasteiger partial charge in [0.2, 0.25) is 0 Å². The molecule has 2 heteroatoms. The van der Waals surface area contributed by atoms with E-state index in [1.165, 1.54) is 4.88 Å². The van der Waals surface area contributed by atoms with Gasteiger partial charge < -0.3 is 5.32 Å². The summed E-state index contributed by atoms with van der Waals surface area (Å²) in [6.07, 6.45) is 6.71. The minimum Gasteiger partial charge on any atom is -0.312 e. The van der Waals surface area contributed by atoms with Gasteiger partial charge >= 0.3 is 0 Å². The summed E-state index contributed by atoms with van der Waals surface area (Å²) in [4.78, 5) is 1.44. The van der Waals surface area contributed by atoms with Gasteiger partial charge in [-0.25, -0.2) is 0 Å². The highest BCUT2D eigenvalue weighted by molar-refractivity contribution is 7.09. The summed E-state index contributed by atoms with van der Waals surface area (Å²) in [6.45, 7) is 7.65. The van der Waals surface area contributed by atoms with Crippen molar-refractivity contribution in [3.63, 3.8) is 0 Å². The second-order valence-corrected chi connectivity index (χ2v) is 5.75. The van der Waals surface area contributed by atoms with Crippen molar-refractivity contribution in [1.82, 2.24) is 5.32 Å².